The number of hydrogen-bond donors (Lipinski definition) is 0. The Labute approximate surface area is 128 Å². The molecule has 0 N–H and O–H groups in total. The highest BCUT2D eigenvalue weighted by Crippen LogP contribution is 2.39. The number of aromatic nitrogens is 1. The van der Waals surface area contributed by atoms with Crippen LogP contribution in [0.15, 0.2) is 16.7 Å². The first kappa shape index (κ1) is 15.9. The Bertz CT molecular complexity index is 461. The lowest BCUT2D eigenvalue weighted by Crippen LogP contribution is -2.29. The Morgan fingerprint density at radius 3 is 2.55 bits per heavy atom. The molecule has 0 radical (unpaired) electrons. The molecule has 0 amide bonds. The van der Waals surface area contributed by atoms with Crippen LogP contribution in [-0.2, 0) is 0 Å². The van der Waals surface area contributed by atoms with Crippen molar-refractivity contribution >= 4 is 27.5 Å². The minimum Gasteiger partial charge on any atom is -0.492 e. The number of ether oxygens (including phenoxy) is 1. The molecule has 112 valence electrons. The number of halogens is 5. The molecule has 1 fully saturated rings. The van der Waals surface area contributed by atoms with E-state index in [9.17, 15) is 13.2 Å². The van der Waals surface area contributed by atoms with Crippen LogP contribution in [0.2, 0.25) is 5.15 Å². The van der Waals surface area contributed by atoms with Crippen molar-refractivity contribution in [2.24, 2.45) is 11.8 Å². The predicted molar refractivity (Wildman–Crippen MR) is 73.9 cm³/mol. The van der Waals surface area contributed by atoms with E-state index >= 15 is 0 Å². The predicted octanol–water partition coefficient (Wildman–Crippen LogP) is 5.25. The smallest absolute Gasteiger partial charge is 0.391 e. The van der Waals surface area contributed by atoms with E-state index in [0.717, 1.165) is 0 Å². The third-order valence-electron chi connectivity index (χ3n) is 3.57. The topological polar surface area (TPSA) is 22.1 Å². The molecule has 0 spiro atoms. The summed E-state index contributed by atoms with van der Waals surface area (Å²) >= 11 is 9.07. The van der Waals surface area contributed by atoms with Gasteiger partial charge in [-0.1, -0.05) is 11.6 Å². The van der Waals surface area contributed by atoms with Crippen molar-refractivity contribution in [2.75, 3.05) is 6.61 Å². The Morgan fingerprint density at radius 2 is 1.95 bits per heavy atom. The highest BCUT2D eigenvalue weighted by Gasteiger charge is 2.41. The fourth-order valence-electron chi connectivity index (χ4n) is 2.37. The van der Waals surface area contributed by atoms with E-state index in [-0.39, 0.29) is 18.8 Å². The van der Waals surface area contributed by atoms with E-state index < -0.39 is 12.1 Å². The summed E-state index contributed by atoms with van der Waals surface area (Å²) in [6.45, 7) is 0.406. The minimum absolute atomic E-state index is 0.160. The summed E-state index contributed by atoms with van der Waals surface area (Å²) < 4.78 is 44.0. The van der Waals surface area contributed by atoms with Gasteiger partial charge in [0.25, 0.3) is 0 Å². The quantitative estimate of drug-likeness (QED) is 0.677. The molecule has 7 heteroatoms. The molecule has 0 aromatic carbocycles. The Balaban J connectivity index is 1.83. The second-order valence-electron chi connectivity index (χ2n) is 5.01. The summed E-state index contributed by atoms with van der Waals surface area (Å²) in [7, 11) is 0. The molecular weight excluding hydrogens is 358 g/mol. The third-order valence-corrected chi connectivity index (χ3v) is 4.37. The summed E-state index contributed by atoms with van der Waals surface area (Å²) in [6.07, 6.45) is -1.06. The lowest BCUT2D eigenvalue weighted by atomic mass is 9.82. The molecule has 1 saturated carbocycles. The SMILES string of the molecule is FC(F)(F)C1CCC(COc2cc(Cl)ncc2Br)CC1. The standard InChI is InChI=1S/C13H14BrClF3NO/c14-10-6-19-12(15)5-11(10)20-7-8-1-3-9(4-2-8)13(16,17)18/h5-6,8-9H,1-4,7H2. The number of nitrogens with zero attached hydrogens (tertiary/aromatic N) is 1. The van der Waals surface area contributed by atoms with Crippen molar-refractivity contribution in [1.82, 2.24) is 4.98 Å². The molecule has 1 aromatic rings. The van der Waals surface area contributed by atoms with Crippen LogP contribution in [0.5, 0.6) is 5.75 Å². The number of rotatable bonds is 3. The summed E-state index contributed by atoms with van der Waals surface area (Å²) in [5.74, 6) is -0.420. The first-order valence-electron chi connectivity index (χ1n) is 6.37. The van der Waals surface area contributed by atoms with E-state index in [4.69, 9.17) is 16.3 Å². The van der Waals surface area contributed by atoms with Crippen LogP contribution in [0.4, 0.5) is 13.2 Å². The van der Waals surface area contributed by atoms with Gasteiger partial charge in [0.05, 0.1) is 17.0 Å². The van der Waals surface area contributed by atoms with Gasteiger partial charge in [-0.3, -0.25) is 0 Å². The van der Waals surface area contributed by atoms with Gasteiger partial charge < -0.3 is 4.74 Å². The molecule has 0 atom stereocenters. The Morgan fingerprint density at radius 1 is 1.30 bits per heavy atom. The van der Waals surface area contributed by atoms with Crippen LogP contribution in [0, 0.1) is 11.8 Å². The first-order chi connectivity index (χ1) is 9.36. The Kier molecular flexibility index (Phi) is 5.18. The molecule has 1 aliphatic carbocycles. The van der Waals surface area contributed by atoms with Crippen molar-refractivity contribution in [3.05, 3.63) is 21.9 Å². The fourth-order valence-corrected chi connectivity index (χ4v) is 2.85. The zero-order valence-electron chi connectivity index (χ0n) is 10.6. The Hall–Kier alpha value is -0.490. The molecular formula is C13H14BrClF3NO. The summed E-state index contributed by atoms with van der Waals surface area (Å²) in [4.78, 5) is 3.88. The average molecular weight is 373 g/mol. The van der Waals surface area contributed by atoms with Crippen molar-refractivity contribution in [2.45, 2.75) is 31.9 Å². The van der Waals surface area contributed by atoms with Gasteiger partial charge in [0, 0.05) is 12.3 Å². The largest absolute Gasteiger partial charge is 0.492 e. The van der Waals surface area contributed by atoms with Crippen molar-refractivity contribution in [3.8, 4) is 5.75 Å². The van der Waals surface area contributed by atoms with E-state index in [1.165, 1.54) is 6.20 Å². The molecule has 1 aliphatic rings. The second kappa shape index (κ2) is 6.52. The maximum absolute atomic E-state index is 12.6. The van der Waals surface area contributed by atoms with Crippen LogP contribution in [0.25, 0.3) is 0 Å². The van der Waals surface area contributed by atoms with Gasteiger partial charge in [0.15, 0.2) is 0 Å². The zero-order valence-corrected chi connectivity index (χ0v) is 12.9. The van der Waals surface area contributed by atoms with Gasteiger partial charge >= 0.3 is 6.18 Å². The maximum Gasteiger partial charge on any atom is 0.391 e. The highest BCUT2D eigenvalue weighted by atomic mass is 79.9. The summed E-state index contributed by atoms with van der Waals surface area (Å²) in [5.41, 5.74) is 0. The van der Waals surface area contributed by atoms with Gasteiger partial charge in [0.1, 0.15) is 10.9 Å². The van der Waals surface area contributed by atoms with Gasteiger partial charge in [-0.05, 0) is 47.5 Å². The summed E-state index contributed by atoms with van der Waals surface area (Å²) in [6, 6.07) is 1.59. The fraction of sp³-hybridized carbons (Fsp3) is 0.615. The molecule has 2 rings (SSSR count). The second-order valence-corrected chi connectivity index (χ2v) is 6.25. The van der Waals surface area contributed by atoms with Crippen LogP contribution in [0.1, 0.15) is 25.7 Å². The van der Waals surface area contributed by atoms with Gasteiger partial charge in [0.2, 0.25) is 0 Å². The lowest BCUT2D eigenvalue weighted by molar-refractivity contribution is -0.184. The van der Waals surface area contributed by atoms with Crippen LogP contribution in [-0.4, -0.2) is 17.8 Å². The van der Waals surface area contributed by atoms with Crippen molar-refractivity contribution < 1.29 is 17.9 Å². The molecule has 2 nitrogen and oxygen atoms in total. The maximum atomic E-state index is 12.6. The van der Waals surface area contributed by atoms with Gasteiger partial charge in [-0.25, -0.2) is 4.98 Å². The number of alkyl halides is 3. The molecule has 1 aromatic heterocycles. The van der Waals surface area contributed by atoms with E-state index in [0.29, 0.717) is 34.8 Å². The molecule has 0 bridgehead atoms. The molecule has 20 heavy (non-hydrogen) atoms. The monoisotopic (exact) mass is 371 g/mol. The first-order valence-corrected chi connectivity index (χ1v) is 7.54. The number of hydrogen-bond acceptors (Lipinski definition) is 2. The van der Waals surface area contributed by atoms with Crippen molar-refractivity contribution in [1.29, 1.82) is 0 Å². The van der Waals surface area contributed by atoms with Gasteiger partial charge in [-0.2, -0.15) is 13.2 Å². The van der Waals surface area contributed by atoms with Crippen LogP contribution in [0.3, 0.4) is 0 Å². The van der Waals surface area contributed by atoms with Crippen LogP contribution >= 0.6 is 27.5 Å². The average Bonchev–Trinajstić information content (AvgIpc) is 2.39. The number of pyridine rings is 1. The normalized spacial score (nSPS) is 23.6. The molecule has 0 saturated heterocycles. The van der Waals surface area contributed by atoms with E-state index in [1.54, 1.807) is 6.07 Å². The summed E-state index contributed by atoms with van der Waals surface area (Å²) in [5, 5.41) is 0.323. The minimum atomic E-state index is -4.06. The lowest BCUT2D eigenvalue weighted by Gasteiger charge is -2.29. The molecule has 0 unspecified atom stereocenters. The molecule has 0 aliphatic heterocycles. The van der Waals surface area contributed by atoms with Crippen LogP contribution < -0.4 is 4.74 Å². The van der Waals surface area contributed by atoms with Gasteiger partial charge in [-0.15, -0.1) is 0 Å². The van der Waals surface area contributed by atoms with Crippen molar-refractivity contribution in [3.63, 3.8) is 0 Å². The van der Waals surface area contributed by atoms with E-state index in [1.807, 2.05) is 0 Å². The molecule has 1 heterocycles. The van der Waals surface area contributed by atoms with E-state index in [2.05, 4.69) is 20.9 Å². The highest BCUT2D eigenvalue weighted by molar-refractivity contribution is 9.10. The third kappa shape index (κ3) is 4.25. The zero-order chi connectivity index (χ0) is 14.8.